The standard InChI is InChI=1S/C11H11BrN4O2/c1-2-3-10-13-14-15-16(10)9-5-4-7(12)6-8(9)11(17)18/h4-6H,2-3H2,1H3,(H,17,18). The van der Waals surface area contributed by atoms with Gasteiger partial charge in [0.25, 0.3) is 0 Å². The number of rotatable bonds is 4. The Hall–Kier alpha value is -1.76. The summed E-state index contributed by atoms with van der Waals surface area (Å²) in [6.07, 6.45) is 1.58. The molecular weight excluding hydrogens is 300 g/mol. The van der Waals surface area contributed by atoms with E-state index in [1.54, 1.807) is 12.1 Å². The summed E-state index contributed by atoms with van der Waals surface area (Å²) in [5.74, 6) is -0.355. The van der Waals surface area contributed by atoms with Crippen LogP contribution in [0, 0.1) is 0 Å². The van der Waals surface area contributed by atoms with E-state index in [-0.39, 0.29) is 5.56 Å². The van der Waals surface area contributed by atoms with E-state index in [0.29, 0.717) is 22.4 Å². The Kier molecular flexibility index (Phi) is 3.71. The van der Waals surface area contributed by atoms with Gasteiger partial charge in [0.15, 0.2) is 5.82 Å². The fourth-order valence-corrected chi connectivity index (χ4v) is 2.00. The second-order valence-electron chi connectivity index (χ2n) is 3.72. The van der Waals surface area contributed by atoms with E-state index in [1.165, 1.54) is 10.7 Å². The lowest BCUT2D eigenvalue weighted by Crippen LogP contribution is -2.09. The van der Waals surface area contributed by atoms with E-state index in [4.69, 9.17) is 0 Å². The summed E-state index contributed by atoms with van der Waals surface area (Å²) in [5.41, 5.74) is 0.633. The molecule has 1 heterocycles. The van der Waals surface area contributed by atoms with Crippen molar-refractivity contribution in [3.05, 3.63) is 34.1 Å². The number of tetrazole rings is 1. The number of hydrogen-bond donors (Lipinski definition) is 1. The van der Waals surface area contributed by atoms with E-state index in [0.717, 1.165) is 6.42 Å². The van der Waals surface area contributed by atoms with Gasteiger partial charge in [-0.2, -0.15) is 4.68 Å². The van der Waals surface area contributed by atoms with Gasteiger partial charge in [0.2, 0.25) is 0 Å². The molecule has 2 rings (SSSR count). The minimum absolute atomic E-state index is 0.161. The zero-order valence-electron chi connectivity index (χ0n) is 9.67. The van der Waals surface area contributed by atoms with E-state index in [2.05, 4.69) is 31.5 Å². The summed E-state index contributed by atoms with van der Waals surface area (Å²) >= 11 is 3.25. The number of carboxylic acids is 1. The maximum absolute atomic E-state index is 11.2. The lowest BCUT2D eigenvalue weighted by atomic mass is 10.2. The van der Waals surface area contributed by atoms with Crippen molar-refractivity contribution in [2.75, 3.05) is 0 Å². The molecule has 0 amide bonds. The van der Waals surface area contributed by atoms with Crippen molar-refractivity contribution in [1.29, 1.82) is 0 Å². The molecule has 0 aliphatic rings. The first kappa shape index (κ1) is 12.7. The largest absolute Gasteiger partial charge is 0.478 e. The maximum Gasteiger partial charge on any atom is 0.337 e. The number of hydrogen-bond acceptors (Lipinski definition) is 4. The van der Waals surface area contributed by atoms with Gasteiger partial charge in [-0.3, -0.25) is 0 Å². The topological polar surface area (TPSA) is 80.9 Å². The number of nitrogens with zero attached hydrogens (tertiary/aromatic N) is 4. The summed E-state index contributed by atoms with van der Waals surface area (Å²) in [6.45, 7) is 2.01. The first-order valence-electron chi connectivity index (χ1n) is 5.44. The second-order valence-corrected chi connectivity index (χ2v) is 4.64. The van der Waals surface area contributed by atoms with Gasteiger partial charge in [-0.1, -0.05) is 22.9 Å². The number of halogens is 1. The Labute approximate surface area is 112 Å². The van der Waals surface area contributed by atoms with Crippen molar-refractivity contribution in [3.8, 4) is 5.69 Å². The van der Waals surface area contributed by atoms with Crippen molar-refractivity contribution in [1.82, 2.24) is 20.2 Å². The molecule has 0 spiro atoms. The molecular formula is C11H11BrN4O2. The number of aromatic nitrogens is 4. The van der Waals surface area contributed by atoms with Crippen LogP contribution in [0.3, 0.4) is 0 Å². The summed E-state index contributed by atoms with van der Waals surface area (Å²) < 4.78 is 2.17. The van der Waals surface area contributed by atoms with Gasteiger partial charge in [-0.05, 0) is 35.0 Å². The molecule has 0 saturated carbocycles. The molecule has 1 N–H and O–H groups in total. The number of aromatic carboxylic acids is 1. The molecule has 0 atom stereocenters. The number of carboxylic acid groups (broad SMARTS) is 1. The molecule has 18 heavy (non-hydrogen) atoms. The van der Waals surface area contributed by atoms with Crippen LogP contribution in [0.5, 0.6) is 0 Å². The molecule has 7 heteroatoms. The lowest BCUT2D eigenvalue weighted by molar-refractivity contribution is 0.0696. The zero-order chi connectivity index (χ0) is 13.1. The Morgan fingerprint density at radius 2 is 2.28 bits per heavy atom. The highest BCUT2D eigenvalue weighted by Crippen LogP contribution is 2.20. The highest BCUT2D eigenvalue weighted by Gasteiger charge is 2.16. The van der Waals surface area contributed by atoms with Crippen molar-refractivity contribution >= 4 is 21.9 Å². The Morgan fingerprint density at radius 1 is 1.50 bits per heavy atom. The zero-order valence-corrected chi connectivity index (χ0v) is 11.3. The third kappa shape index (κ3) is 2.40. The third-order valence-corrected chi connectivity index (χ3v) is 2.92. The van der Waals surface area contributed by atoms with Crippen LogP contribution < -0.4 is 0 Å². The Morgan fingerprint density at radius 3 is 2.94 bits per heavy atom. The highest BCUT2D eigenvalue weighted by atomic mass is 79.9. The van der Waals surface area contributed by atoms with E-state index in [1.807, 2.05) is 6.92 Å². The molecule has 2 aromatic rings. The van der Waals surface area contributed by atoms with Crippen molar-refractivity contribution in [2.24, 2.45) is 0 Å². The van der Waals surface area contributed by atoms with Crippen LogP contribution in [-0.2, 0) is 6.42 Å². The van der Waals surface area contributed by atoms with Crippen LogP contribution in [0.2, 0.25) is 0 Å². The summed E-state index contributed by atoms with van der Waals surface area (Å²) in [5, 5.41) is 20.6. The van der Waals surface area contributed by atoms with E-state index >= 15 is 0 Å². The number of aryl methyl sites for hydroxylation is 1. The van der Waals surface area contributed by atoms with Gasteiger partial charge in [0, 0.05) is 10.9 Å². The average molecular weight is 311 g/mol. The van der Waals surface area contributed by atoms with Gasteiger partial charge in [-0.15, -0.1) is 5.10 Å². The van der Waals surface area contributed by atoms with Gasteiger partial charge < -0.3 is 5.11 Å². The van der Waals surface area contributed by atoms with Gasteiger partial charge in [0.05, 0.1) is 11.3 Å². The SMILES string of the molecule is CCCc1nnnn1-c1ccc(Br)cc1C(=O)O. The quantitative estimate of drug-likeness (QED) is 0.935. The summed E-state index contributed by atoms with van der Waals surface area (Å²) in [7, 11) is 0. The molecule has 0 aliphatic heterocycles. The van der Waals surface area contributed by atoms with Gasteiger partial charge in [0.1, 0.15) is 0 Å². The molecule has 0 bridgehead atoms. The number of benzene rings is 1. The predicted molar refractivity (Wildman–Crippen MR) is 67.8 cm³/mol. The minimum atomic E-state index is -1.01. The fourth-order valence-electron chi connectivity index (χ4n) is 1.64. The molecule has 0 aliphatic carbocycles. The monoisotopic (exact) mass is 310 g/mol. The highest BCUT2D eigenvalue weighted by molar-refractivity contribution is 9.10. The fraction of sp³-hybridized carbons (Fsp3) is 0.273. The molecule has 6 nitrogen and oxygen atoms in total. The summed E-state index contributed by atoms with van der Waals surface area (Å²) in [6, 6.07) is 4.98. The average Bonchev–Trinajstić information content (AvgIpc) is 2.77. The molecule has 1 aromatic carbocycles. The van der Waals surface area contributed by atoms with Crippen LogP contribution in [0.4, 0.5) is 0 Å². The molecule has 0 fully saturated rings. The van der Waals surface area contributed by atoms with Gasteiger partial charge in [-0.25, -0.2) is 4.79 Å². The third-order valence-electron chi connectivity index (χ3n) is 2.42. The van der Waals surface area contributed by atoms with Gasteiger partial charge >= 0.3 is 5.97 Å². The summed E-state index contributed by atoms with van der Waals surface area (Å²) in [4.78, 5) is 11.2. The van der Waals surface area contributed by atoms with Crippen LogP contribution in [-0.4, -0.2) is 31.3 Å². The molecule has 0 saturated heterocycles. The normalized spacial score (nSPS) is 10.6. The Bertz CT molecular complexity index is 582. The lowest BCUT2D eigenvalue weighted by Gasteiger charge is -2.07. The van der Waals surface area contributed by atoms with E-state index in [9.17, 15) is 9.90 Å². The molecule has 1 aromatic heterocycles. The van der Waals surface area contributed by atoms with Crippen molar-refractivity contribution in [2.45, 2.75) is 19.8 Å². The first-order chi connectivity index (χ1) is 8.63. The molecule has 0 unspecified atom stereocenters. The van der Waals surface area contributed by atoms with Crippen molar-refractivity contribution < 1.29 is 9.90 Å². The number of carbonyl (C=O) groups is 1. The molecule has 0 radical (unpaired) electrons. The van der Waals surface area contributed by atoms with Crippen LogP contribution in [0.25, 0.3) is 5.69 Å². The minimum Gasteiger partial charge on any atom is -0.478 e. The maximum atomic E-state index is 11.2. The molecule has 94 valence electrons. The Balaban J connectivity index is 2.56. The van der Waals surface area contributed by atoms with Crippen LogP contribution in [0.15, 0.2) is 22.7 Å². The second kappa shape index (κ2) is 5.26. The first-order valence-corrected chi connectivity index (χ1v) is 6.23. The van der Waals surface area contributed by atoms with Crippen molar-refractivity contribution in [3.63, 3.8) is 0 Å². The predicted octanol–water partition coefficient (Wildman–Crippen LogP) is 2.08. The van der Waals surface area contributed by atoms with E-state index < -0.39 is 5.97 Å². The smallest absolute Gasteiger partial charge is 0.337 e. The van der Waals surface area contributed by atoms with Crippen LogP contribution >= 0.6 is 15.9 Å². The van der Waals surface area contributed by atoms with Crippen LogP contribution in [0.1, 0.15) is 29.5 Å².